The summed E-state index contributed by atoms with van der Waals surface area (Å²) in [6.07, 6.45) is 0. The van der Waals surface area contributed by atoms with Crippen molar-refractivity contribution >= 4 is 11.5 Å². The van der Waals surface area contributed by atoms with E-state index in [1.807, 2.05) is 42.5 Å². The first kappa shape index (κ1) is 11.5. The van der Waals surface area contributed by atoms with Crippen LogP contribution >= 0.6 is 0 Å². The van der Waals surface area contributed by atoms with Crippen LogP contribution in [-0.2, 0) is 0 Å². The van der Waals surface area contributed by atoms with Gasteiger partial charge in [-0.3, -0.25) is 0 Å². The zero-order valence-electron chi connectivity index (χ0n) is 10.6. The summed E-state index contributed by atoms with van der Waals surface area (Å²) >= 11 is 0. The lowest BCUT2D eigenvalue weighted by Crippen LogP contribution is -1.93. The average Bonchev–Trinajstić information content (AvgIpc) is 2.90. The normalized spacial score (nSPS) is 10.4. The van der Waals surface area contributed by atoms with Crippen LogP contribution < -0.4 is 5.32 Å². The lowest BCUT2D eigenvalue weighted by Gasteiger charge is -2.05. The smallest absolute Gasteiger partial charge is 0.180 e. The van der Waals surface area contributed by atoms with Crippen molar-refractivity contribution in [1.82, 2.24) is 15.4 Å². The number of anilines is 2. The second-order valence-corrected chi connectivity index (χ2v) is 4.38. The fourth-order valence-corrected chi connectivity index (χ4v) is 1.89. The Kier molecular flexibility index (Phi) is 2.98. The summed E-state index contributed by atoms with van der Waals surface area (Å²) in [6, 6.07) is 18.2. The van der Waals surface area contributed by atoms with Gasteiger partial charge in [0.15, 0.2) is 5.82 Å². The molecule has 0 fully saturated rings. The third-order valence-electron chi connectivity index (χ3n) is 2.91. The molecule has 0 radical (unpaired) electrons. The molecule has 3 rings (SSSR count). The number of rotatable bonds is 3. The quantitative estimate of drug-likeness (QED) is 0.747. The van der Waals surface area contributed by atoms with Crippen LogP contribution in [0.5, 0.6) is 0 Å². The molecule has 0 saturated carbocycles. The van der Waals surface area contributed by atoms with Gasteiger partial charge in [-0.25, -0.2) is 0 Å². The molecule has 0 aliphatic heterocycles. The molecule has 2 aromatic carbocycles. The maximum atomic E-state index is 4.20. The molecule has 1 aromatic heterocycles. The maximum Gasteiger partial charge on any atom is 0.180 e. The summed E-state index contributed by atoms with van der Waals surface area (Å²) in [5.74, 6) is 0.732. The van der Waals surface area contributed by atoms with Crippen molar-refractivity contribution in [3.63, 3.8) is 0 Å². The number of aromatic amines is 1. The summed E-state index contributed by atoms with van der Waals surface area (Å²) in [7, 11) is 0. The van der Waals surface area contributed by atoms with Crippen LogP contribution in [0.3, 0.4) is 0 Å². The van der Waals surface area contributed by atoms with E-state index >= 15 is 0 Å². The fraction of sp³-hybridized carbons (Fsp3) is 0.0667. The average molecular weight is 250 g/mol. The molecule has 3 aromatic rings. The Labute approximate surface area is 111 Å². The highest BCUT2D eigenvalue weighted by molar-refractivity contribution is 5.74. The van der Waals surface area contributed by atoms with E-state index in [-0.39, 0.29) is 0 Å². The third kappa shape index (κ3) is 2.47. The minimum atomic E-state index is 0.732. The number of nitrogens with one attached hydrogen (secondary N) is 2. The Bertz CT molecular complexity index is 656. The number of nitrogens with zero attached hydrogens (tertiary/aromatic N) is 2. The molecule has 0 atom stereocenters. The van der Waals surface area contributed by atoms with E-state index in [4.69, 9.17) is 0 Å². The fourth-order valence-electron chi connectivity index (χ4n) is 1.89. The molecule has 0 amide bonds. The number of H-pyrrole nitrogens is 1. The second-order valence-electron chi connectivity index (χ2n) is 4.38. The molecule has 0 bridgehead atoms. The Hall–Kier alpha value is -2.62. The van der Waals surface area contributed by atoms with Crippen LogP contribution in [-0.4, -0.2) is 15.4 Å². The van der Waals surface area contributed by atoms with Crippen molar-refractivity contribution < 1.29 is 0 Å². The minimum Gasteiger partial charge on any atom is -0.337 e. The number of aryl methyl sites for hydroxylation is 1. The van der Waals surface area contributed by atoms with Crippen molar-refractivity contribution in [2.24, 2.45) is 0 Å². The highest BCUT2D eigenvalue weighted by atomic mass is 15.4. The van der Waals surface area contributed by atoms with Gasteiger partial charge in [0.2, 0.25) is 0 Å². The topological polar surface area (TPSA) is 53.6 Å². The van der Waals surface area contributed by atoms with Gasteiger partial charge in [-0.15, -0.1) is 5.10 Å². The second kappa shape index (κ2) is 4.94. The van der Waals surface area contributed by atoms with Gasteiger partial charge in [0.05, 0.1) is 0 Å². The summed E-state index contributed by atoms with van der Waals surface area (Å²) in [4.78, 5) is 0. The largest absolute Gasteiger partial charge is 0.337 e. The predicted molar refractivity (Wildman–Crippen MR) is 76.3 cm³/mol. The zero-order chi connectivity index (χ0) is 13.1. The van der Waals surface area contributed by atoms with E-state index in [0.29, 0.717) is 0 Å². The lowest BCUT2D eigenvalue weighted by atomic mass is 10.1. The Morgan fingerprint density at radius 1 is 0.895 bits per heavy atom. The molecule has 0 saturated heterocycles. The van der Waals surface area contributed by atoms with E-state index in [9.17, 15) is 0 Å². The van der Waals surface area contributed by atoms with Crippen LogP contribution in [0.4, 0.5) is 11.5 Å². The van der Waals surface area contributed by atoms with Gasteiger partial charge in [0, 0.05) is 11.3 Å². The van der Waals surface area contributed by atoms with Crippen LogP contribution in [0.15, 0.2) is 54.6 Å². The molecule has 1 heterocycles. The van der Waals surface area contributed by atoms with E-state index in [0.717, 1.165) is 22.8 Å². The highest BCUT2D eigenvalue weighted by Gasteiger charge is 2.09. The molecule has 4 nitrogen and oxygen atoms in total. The van der Waals surface area contributed by atoms with Crippen LogP contribution in [0.25, 0.3) is 11.3 Å². The molecular formula is C15H14N4. The van der Waals surface area contributed by atoms with Crippen LogP contribution in [0, 0.1) is 6.92 Å². The van der Waals surface area contributed by atoms with Gasteiger partial charge in [0.1, 0.15) is 5.69 Å². The number of hydrogen-bond acceptors (Lipinski definition) is 3. The molecule has 0 spiro atoms. The van der Waals surface area contributed by atoms with E-state index in [1.54, 1.807) is 0 Å². The summed E-state index contributed by atoms with van der Waals surface area (Å²) in [5.41, 5.74) is 4.08. The van der Waals surface area contributed by atoms with Crippen molar-refractivity contribution in [3.8, 4) is 11.3 Å². The van der Waals surface area contributed by atoms with Gasteiger partial charge >= 0.3 is 0 Å². The first-order valence-corrected chi connectivity index (χ1v) is 6.13. The third-order valence-corrected chi connectivity index (χ3v) is 2.91. The van der Waals surface area contributed by atoms with Gasteiger partial charge in [-0.2, -0.15) is 10.3 Å². The molecule has 4 heteroatoms. The molecule has 0 aliphatic carbocycles. The van der Waals surface area contributed by atoms with Gasteiger partial charge in [-0.05, 0) is 19.1 Å². The number of hydrogen-bond donors (Lipinski definition) is 2. The molecule has 19 heavy (non-hydrogen) atoms. The summed E-state index contributed by atoms with van der Waals surface area (Å²) < 4.78 is 0. The number of benzene rings is 2. The zero-order valence-corrected chi connectivity index (χ0v) is 10.6. The molecule has 2 N–H and O–H groups in total. The lowest BCUT2D eigenvalue weighted by molar-refractivity contribution is 0.944. The summed E-state index contributed by atoms with van der Waals surface area (Å²) in [5, 5.41) is 14.3. The highest BCUT2D eigenvalue weighted by Crippen LogP contribution is 2.25. The Balaban J connectivity index is 1.91. The van der Waals surface area contributed by atoms with E-state index in [2.05, 4.69) is 39.8 Å². The monoisotopic (exact) mass is 250 g/mol. The van der Waals surface area contributed by atoms with Crippen molar-refractivity contribution in [1.29, 1.82) is 0 Å². The minimum absolute atomic E-state index is 0.732. The molecule has 0 aliphatic rings. The van der Waals surface area contributed by atoms with Crippen molar-refractivity contribution in [2.45, 2.75) is 6.92 Å². The molecule has 94 valence electrons. The predicted octanol–water partition coefficient (Wildman–Crippen LogP) is 3.52. The van der Waals surface area contributed by atoms with Crippen LogP contribution in [0.1, 0.15) is 5.56 Å². The van der Waals surface area contributed by atoms with E-state index in [1.165, 1.54) is 5.56 Å². The van der Waals surface area contributed by atoms with Crippen LogP contribution in [0.2, 0.25) is 0 Å². The van der Waals surface area contributed by atoms with Crippen molar-refractivity contribution in [3.05, 3.63) is 60.2 Å². The summed E-state index contributed by atoms with van der Waals surface area (Å²) in [6.45, 7) is 2.06. The van der Waals surface area contributed by atoms with Gasteiger partial charge < -0.3 is 5.32 Å². The van der Waals surface area contributed by atoms with Gasteiger partial charge in [0.25, 0.3) is 0 Å². The number of aromatic nitrogens is 3. The maximum absolute atomic E-state index is 4.20. The molecular weight excluding hydrogens is 236 g/mol. The Morgan fingerprint density at radius 3 is 2.37 bits per heavy atom. The SMILES string of the molecule is Cc1ccc(Nc2n[nH]nc2-c2ccccc2)cc1. The van der Waals surface area contributed by atoms with E-state index < -0.39 is 0 Å². The first-order chi connectivity index (χ1) is 9.33. The first-order valence-electron chi connectivity index (χ1n) is 6.13. The standard InChI is InChI=1S/C15H14N4/c1-11-7-9-13(10-8-11)16-15-14(17-19-18-15)12-5-3-2-4-6-12/h2-10H,1H3,(H2,16,17,18,19). The van der Waals surface area contributed by atoms with Gasteiger partial charge in [-0.1, -0.05) is 48.0 Å². The van der Waals surface area contributed by atoms with Crippen molar-refractivity contribution in [2.75, 3.05) is 5.32 Å². The molecule has 0 unspecified atom stereocenters. The Morgan fingerprint density at radius 2 is 1.63 bits per heavy atom.